The zero-order valence-electron chi connectivity index (χ0n) is 10.2. The SMILES string of the molecule is COc1ccc(CCN2CC(Br)CC2=O)cc1Br. The lowest BCUT2D eigenvalue weighted by Gasteiger charge is -2.16. The summed E-state index contributed by atoms with van der Waals surface area (Å²) in [4.78, 5) is 13.9. The Bertz CT molecular complexity index is 451. The molecule has 3 nitrogen and oxygen atoms in total. The number of carbonyl (C=O) groups is 1. The van der Waals surface area contributed by atoms with E-state index in [0.717, 1.165) is 29.7 Å². The first-order chi connectivity index (χ1) is 8.60. The summed E-state index contributed by atoms with van der Waals surface area (Å²) in [5, 5.41) is 0. The summed E-state index contributed by atoms with van der Waals surface area (Å²) < 4.78 is 6.14. The van der Waals surface area contributed by atoms with E-state index >= 15 is 0 Å². The quantitative estimate of drug-likeness (QED) is 0.756. The van der Waals surface area contributed by atoms with Gasteiger partial charge in [-0.15, -0.1) is 0 Å². The molecule has 1 saturated heterocycles. The maximum Gasteiger partial charge on any atom is 0.223 e. The van der Waals surface area contributed by atoms with Gasteiger partial charge in [-0.05, 0) is 40.0 Å². The van der Waals surface area contributed by atoms with E-state index in [2.05, 4.69) is 31.9 Å². The molecule has 1 fully saturated rings. The van der Waals surface area contributed by atoms with Gasteiger partial charge in [-0.3, -0.25) is 4.79 Å². The lowest BCUT2D eigenvalue weighted by atomic mass is 10.1. The standard InChI is InChI=1S/C13H15Br2NO2/c1-18-12-3-2-9(6-11(12)15)4-5-16-8-10(14)7-13(16)17/h2-3,6,10H,4-5,7-8H2,1H3. The number of carbonyl (C=O) groups excluding carboxylic acids is 1. The molecule has 5 heteroatoms. The van der Waals surface area contributed by atoms with Gasteiger partial charge in [-0.25, -0.2) is 0 Å². The van der Waals surface area contributed by atoms with Crippen LogP contribution in [0, 0.1) is 0 Å². The summed E-state index contributed by atoms with van der Waals surface area (Å²) in [6.07, 6.45) is 1.49. The van der Waals surface area contributed by atoms with Crippen LogP contribution in [-0.4, -0.2) is 35.8 Å². The molecule has 1 aromatic rings. The van der Waals surface area contributed by atoms with Crippen LogP contribution in [0.25, 0.3) is 0 Å². The number of alkyl halides is 1. The number of ether oxygens (including phenoxy) is 1. The van der Waals surface area contributed by atoms with Gasteiger partial charge in [0.15, 0.2) is 0 Å². The second kappa shape index (κ2) is 6.06. The molecule has 1 aliphatic heterocycles. The molecule has 1 atom stereocenters. The zero-order valence-corrected chi connectivity index (χ0v) is 13.3. The third-order valence-corrected chi connectivity index (χ3v) is 4.29. The molecule has 1 unspecified atom stereocenters. The third kappa shape index (κ3) is 3.26. The molecule has 0 aliphatic carbocycles. The molecule has 0 bridgehead atoms. The molecule has 0 aromatic heterocycles. The second-order valence-electron chi connectivity index (χ2n) is 4.36. The highest BCUT2D eigenvalue weighted by Crippen LogP contribution is 2.26. The third-order valence-electron chi connectivity index (χ3n) is 3.05. The molecule has 1 aromatic carbocycles. The molecule has 18 heavy (non-hydrogen) atoms. The predicted octanol–water partition coefficient (Wildman–Crippen LogP) is 3.00. The van der Waals surface area contributed by atoms with Crippen molar-refractivity contribution in [2.24, 2.45) is 0 Å². The number of rotatable bonds is 4. The smallest absolute Gasteiger partial charge is 0.223 e. The highest BCUT2D eigenvalue weighted by molar-refractivity contribution is 9.10. The number of hydrogen-bond donors (Lipinski definition) is 0. The van der Waals surface area contributed by atoms with Crippen LogP contribution in [0.1, 0.15) is 12.0 Å². The van der Waals surface area contributed by atoms with Crippen LogP contribution < -0.4 is 4.74 Å². The first kappa shape index (κ1) is 13.9. The monoisotopic (exact) mass is 375 g/mol. The number of halogens is 2. The van der Waals surface area contributed by atoms with Gasteiger partial charge in [-0.1, -0.05) is 22.0 Å². The Morgan fingerprint density at radius 1 is 1.50 bits per heavy atom. The van der Waals surface area contributed by atoms with Gasteiger partial charge in [0.1, 0.15) is 5.75 Å². The Labute approximate surface area is 124 Å². The summed E-state index contributed by atoms with van der Waals surface area (Å²) in [5.41, 5.74) is 1.20. The summed E-state index contributed by atoms with van der Waals surface area (Å²) in [7, 11) is 1.65. The first-order valence-corrected chi connectivity index (χ1v) is 7.55. The van der Waals surface area contributed by atoms with Crippen LogP contribution >= 0.6 is 31.9 Å². The number of likely N-dealkylation sites (tertiary alicyclic amines) is 1. The van der Waals surface area contributed by atoms with Crippen molar-refractivity contribution in [3.63, 3.8) is 0 Å². The lowest BCUT2D eigenvalue weighted by Crippen LogP contribution is -2.27. The largest absolute Gasteiger partial charge is 0.496 e. The van der Waals surface area contributed by atoms with E-state index in [1.54, 1.807) is 7.11 Å². The van der Waals surface area contributed by atoms with E-state index < -0.39 is 0 Å². The highest BCUT2D eigenvalue weighted by atomic mass is 79.9. The zero-order chi connectivity index (χ0) is 13.1. The molecule has 1 aliphatic rings. The van der Waals surface area contributed by atoms with E-state index in [4.69, 9.17) is 4.74 Å². The Kier molecular flexibility index (Phi) is 4.67. The average molecular weight is 377 g/mol. The molecule has 98 valence electrons. The van der Waals surface area contributed by atoms with Gasteiger partial charge in [-0.2, -0.15) is 0 Å². The Balaban J connectivity index is 1.94. The van der Waals surface area contributed by atoms with Crippen LogP contribution in [0.3, 0.4) is 0 Å². The minimum atomic E-state index is 0.240. The van der Waals surface area contributed by atoms with E-state index in [0.29, 0.717) is 11.2 Å². The maximum atomic E-state index is 11.6. The fourth-order valence-corrected chi connectivity index (χ4v) is 3.28. The minimum absolute atomic E-state index is 0.240. The van der Waals surface area contributed by atoms with Crippen molar-refractivity contribution < 1.29 is 9.53 Å². The molecular weight excluding hydrogens is 362 g/mol. The average Bonchev–Trinajstić information content (AvgIpc) is 2.65. The Morgan fingerprint density at radius 3 is 2.83 bits per heavy atom. The second-order valence-corrected chi connectivity index (χ2v) is 6.51. The highest BCUT2D eigenvalue weighted by Gasteiger charge is 2.26. The van der Waals surface area contributed by atoms with Gasteiger partial charge in [0.2, 0.25) is 5.91 Å². The van der Waals surface area contributed by atoms with Gasteiger partial charge in [0.25, 0.3) is 0 Å². The normalized spacial score (nSPS) is 19.4. The molecule has 0 N–H and O–H groups in total. The summed E-state index contributed by atoms with van der Waals surface area (Å²) >= 11 is 6.96. The molecular formula is C13H15Br2NO2. The van der Waals surface area contributed by atoms with Gasteiger partial charge in [0, 0.05) is 24.3 Å². The molecule has 1 amide bonds. The van der Waals surface area contributed by atoms with Crippen molar-refractivity contribution >= 4 is 37.8 Å². The number of methoxy groups -OCH3 is 1. The molecule has 2 rings (SSSR count). The van der Waals surface area contributed by atoms with Crippen LogP contribution in [0.4, 0.5) is 0 Å². The molecule has 0 radical (unpaired) electrons. The van der Waals surface area contributed by atoms with Crippen molar-refractivity contribution in [3.05, 3.63) is 28.2 Å². The number of benzene rings is 1. The summed E-state index contributed by atoms with van der Waals surface area (Å²) in [6.45, 7) is 1.59. The van der Waals surface area contributed by atoms with E-state index in [-0.39, 0.29) is 5.91 Å². The number of amides is 1. The van der Waals surface area contributed by atoms with E-state index in [1.165, 1.54) is 5.56 Å². The molecule has 1 heterocycles. The van der Waals surface area contributed by atoms with Gasteiger partial charge in [0.05, 0.1) is 11.6 Å². The van der Waals surface area contributed by atoms with Gasteiger partial charge >= 0.3 is 0 Å². The number of hydrogen-bond acceptors (Lipinski definition) is 2. The fraction of sp³-hybridized carbons (Fsp3) is 0.462. The topological polar surface area (TPSA) is 29.5 Å². The molecule has 0 saturated carbocycles. The van der Waals surface area contributed by atoms with E-state index in [1.807, 2.05) is 23.1 Å². The van der Waals surface area contributed by atoms with Crippen molar-refractivity contribution in [1.82, 2.24) is 4.90 Å². The Morgan fingerprint density at radius 2 is 2.28 bits per heavy atom. The fourth-order valence-electron chi connectivity index (χ4n) is 2.07. The minimum Gasteiger partial charge on any atom is -0.496 e. The maximum absolute atomic E-state index is 11.6. The first-order valence-electron chi connectivity index (χ1n) is 5.84. The van der Waals surface area contributed by atoms with Crippen LogP contribution in [0.5, 0.6) is 5.75 Å². The molecule has 0 spiro atoms. The van der Waals surface area contributed by atoms with E-state index in [9.17, 15) is 4.79 Å². The summed E-state index contributed by atoms with van der Waals surface area (Å²) in [6, 6.07) is 6.03. The van der Waals surface area contributed by atoms with Crippen LogP contribution in [0.2, 0.25) is 0 Å². The van der Waals surface area contributed by atoms with Crippen molar-refractivity contribution in [2.75, 3.05) is 20.2 Å². The van der Waals surface area contributed by atoms with Crippen LogP contribution in [-0.2, 0) is 11.2 Å². The van der Waals surface area contributed by atoms with Crippen molar-refractivity contribution in [2.45, 2.75) is 17.7 Å². The Hall–Kier alpha value is -0.550. The summed E-state index contributed by atoms with van der Waals surface area (Å²) in [5.74, 6) is 1.07. The van der Waals surface area contributed by atoms with Crippen molar-refractivity contribution in [1.29, 1.82) is 0 Å². The number of nitrogens with zero attached hydrogens (tertiary/aromatic N) is 1. The van der Waals surface area contributed by atoms with Crippen molar-refractivity contribution in [3.8, 4) is 5.75 Å². The van der Waals surface area contributed by atoms with Gasteiger partial charge < -0.3 is 9.64 Å². The predicted molar refractivity (Wildman–Crippen MR) is 78.3 cm³/mol. The van der Waals surface area contributed by atoms with Crippen LogP contribution in [0.15, 0.2) is 22.7 Å². The lowest BCUT2D eigenvalue weighted by molar-refractivity contribution is -0.127.